The van der Waals surface area contributed by atoms with Gasteiger partial charge < -0.3 is 9.80 Å². The number of rotatable bonds is 9. The molecule has 164 valence electrons. The molecule has 0 aromatic heterocycles. The van der Waals surface area contributed by atoms with Gasteiger partial charge in [0, 0.05) is 25.6 Å². The second kappa shape index (κ2) is 9.45. The van der Waals surface area contributed by atoms with Crippen LogP contribution in [-0.4, -0.2) is 58.4 Å². The summed E-state index contributed by atoms with van der Waals surface area (Å²) >= 11 is 0. The Hall–Kier alpha value is -1.63. The third-order valence-electron chi connectivity index (χ3n) is 6.84. The second-order valence-corrected chi connectivity index (χ2v) is 9.85. The molecular formula is C22H37N3O4. The third-order valence-corrected chi connectivity index (χ3v) is 6.84. The molecule has 0 aromatic rings. The molecule has 29 heavy (non-hydrogen) atoms. The van der Waals surface area contributed by atoms with Crippen molar-refractivity contribution in [3.63, 3.8) is 0 Å². The van der Waals surface area contributed by atoms with Gasteiger partial charge in [0.25, 0.3) is 0 Å². The first-order chi connectivity index (χ1) is 13.8. The zero-order valence-corrected chi connectivity index (χ0v) is 18.0. The van der Waals surface area contributed by atoms with Crippen molar-refractivity contribution in [2.45, 2.75) is 84.1 Å². The van der Waals surface area contributed by atoms with E-state index in [0.717, 1.165) is 19.4 Å². The standard InChI is InChI=1S/C22H37N3O4/c1-16(2)12-22(13-19(26)23-29)10-11-24(21(22)28)15-20(27)25(14-17-8-9-17)18-6-4-3-5-7-18/h16-18,29H,3-15H2,1-2H3,(H,23,26). The normalized spacial score (nSPS) is 25.5. The lowest BCUT2D eigenvalue weighted by Gasteiger charge is -2.36. The molecule has 0 radical (unpaired) electrons. The van der Waals surface area contributed by atoms with Gasteiger partial charge in [0.1, 0.15) is 0 Å². The van der Waals surface area contributed by atoms with Crippen molar-refractivity contribution in [2.75, 3.05) is 19.6 Å². The van der Waals surface area contributed by atoms with Crippen molar-refractivity contribution < 1.29 is 19.6 Å². The largest absolute Gasteiger partial charge is 0.338 e. The molecule has 1 heterocycles. The Balaban J connectivity index is 1.68. The SMILES string of the molecule is CC(C)CC1(CC(=O)NO)CCN(CC(=O)N(CC2CC2)C2CCCCC2)C1=O. The summed E-state index contributed by atoms with van der Waals surface area (Å²) in [6, 6.07) is 0.315. The van der Waals surface area contributed by atoms with E-state index >= 15 is 0 Å². The van der Waals surface area contributed by atoms with Gasteiger partial charge in [-0.1, -0.05) is 33.1 Å². The van der Waals surface area contributed by atoms with Crippen LogP contribution in [-0.2, 0) is 14.4 Å². The van der Waals surface area contributed by atoms with E-state index in [2.05, 4.69) is 4.90 Å². The molecule has 1 saturated heterocycles. The molecule has 1 unspecified atom stereocenters. The minimum absolute atomic E-state index is 0.0282. The van der Waals surface area contributed by atoms with Gasteiger partial charge in [0.05, 0.1) is 12.0 Å². The van der Waals surface area contributed by atoms with Crippen molar-refractivity contribution in [3.05, 3.63) is 0 Å². The molecule has 0 aromatic carbocycles. The van der Waals surface area contributed by atoms with Gasteiger partial charge >= 0.3 is 0 Å². The van der Waals surface area contributed by atoms with Gasteiger partial charge in [-0.3, -0.25) is 19.6 Å². The quantitative estimate of drug-likeness (QED) is 0.454. The number of carbonyl (C=O) groups is 3. The van der Waals surface area contributed by atoms with Gasteiger partial charge in [-0.15, -0.1) is 0 Å². The molecule has 2 saturated carbocycles. The number of hydrogen-bond acceptors (Lipinski definition) is 4. The van der Waals surface area contributed by atoms with Gasteiger partial charge in [0.2, 0.25) is 17.7 Å². The summed E-state index contributed by atoms with van der Waals surface area (Å²) in [4.78, 5) is 42.1. The van der Waals surface area contributed by atoms with Crippen LogP contribution in [0.2, 0.25) is 0 Å². The summed E-state index contributed by atoms with van der Waals surface area (Å²) in [5.41, 5.74) is 0.859. The first-order valence-corrected chi connectivity index (χ1v) is 11.4. The lowest BCUT2D eigenvalue weighted by atomic mass is 9.76. The van der Waals surface area contributed by atoms with Gasteiger partial charge in [0.15, 0.2) is 0 Å². The van der Waals surface area contributed by atoms with Crippen LogP contribution in [0, 0.1) is 17.3 Å². The Morgan fingerprint density at radius 1 is 1.21 bits per heavy atom. The Morgan fingerprint density at radius 3 is 2.48 bits per heavy atom. The van der Waals surface area contributed by atoms with E-state index in [4.69, 9.17) is 5.21 Å². The fraction of sp³-hybridized carbons (Fsp3) is 0.864. The number of hydroxylamine groups is 1. The van der Waals surface area contributed by atoms with Crippen LogP contribution in [0.3, 0.4) is 0 Å². The van der Waals surface area contributed by atoms with Crippen LogP contribution in [0.25, 0.3) is 0 Å². The Labute approximate surface area is 174 Å². The molecule has 3 amide bonds. The molecule has 7 heteroatoms. The average molecular weight is 408 g/mol. The smallest absolute Gasteiger partial charge is 0.244 e. The van der Waals surface area contributed by atoms with Crippen LogP contribution in [0.1, 0.15) is 78.1 Å². The Kier molecular flexibility index (Phi) is 7.19. The summed E-state index contributed by atoms with van der Waals surface area (Å²) < 4.78 is 0. The monoisotopic (exact) mass is 407 g/mol. The van der Waals surface area contributed by atoms with Crippen LogP contribution in [0.15, 0.2) is 0 Å². The summed E-state index contributed by atoms with van der Waals surface area (Å²) in [6.45, 7) is 5.50. The number of hydrogen-bond donors (Lipinski definition) is 2. The lowest BCUT2D eigenvalue weighted by Crippen LogP contribution is -2.48. The van der Waals surface area contributed by atoms with E-state index in [0.29, 0.717) is 31.3 Å². The van der Waals surface area contributed by atoms with Crippen LogP contribution in [0.4, 0.5) is 0 Å². The van der Waals surface area contributed by atoms with Crippen molar-refractivity contribution in [2.24, 2.45) is 17.3 Å². The highest BCUT2D eigenvalue weighted by Crippen LogP contribution is 2.41. The summed E-state index contributed by atoms with van der Waals surface area (Å²) in [6.07, 6.45) is 9.25. The van der Waals surface area contributed by atoms with Crippen LogP contribution < -0.4 is 5.48 Å². The highest BCUT2D eigenvalue weighted by atomic mass is 16.5. The molecule has 0 spiro atoms. The molecule has 1 atom stereocenters. The van der Waals surface area contributed by atoms with Crippen molar-refractivity contribution >= 4 is 17.7 Å². The highest BCUT2D eigenvalue weighted by Gasteiger charge is 2.48. The zero-order chi connectivity index (χ0) is 21.0. The molecule has 3 rings (SSSR count). The zero-order valence-electron chi connectivity index (χ0n) is 18.0. The van der Waals surface area contributed by atoms with Crippen molar-refractivity contribution in [1.82, 2.24) is 15.3 Å². The number of nitrogens with one attached hydrogen (secondary N) is 1. The van der Waals surface area contributed by atoms with E-state index in [1.807, 2.05) is 13.8 Å². The fourth-order valence-electron chi connectivity index (χ4n) is 5.28. The van der Waals surface area contributed by atoms with E-state index in [-0.39, 0.29) is 30.7 Å². The summed E-state index contributed by atoms with van der Waals surface area (Å²) in [5, 5.41) is 8.96. The fourth-order valence-corrected chi connectivity index (χ4v) is 5.28. The maximum absolute atomic E-state index is 13.3. The molecule has 7 nitrogen and oxygen atoms in total. The number of likely N-dealkylation sites (tertiary alicyclic amines) is 1. The topological polar surface area (TPSA) is 89.9 Å². The molecule has 3 aliphatic rings. The lowest BCUT2D eigenvalue weighted by molar-refractivity contribution is -0.146. The minimum Gasteiger partial charge on any atom is -0.338 e. The van der Waals surface area contributed by atoms with Crippen molar-refractivity contribution in [3.8, 4) is 0 Å². The third kappa shape index (κ3) is 5.50. The summed E-state index contributed by atoms with van der Waals surface area (Å²) in [7, 11) is 0. The number of nitrogens with zero attached hydrogens (tertiary/aromatic N) is 2. The highest BCUT2D eigenvalue weighted by molar-refractivity contribution is 5.93. The molecule has 1 aliphatic heterocycles. The Morgan fingerprint density at radius 2 is 1.90 bits per heavy atom. The molecule has 2 N–H and O–H groups in total. The maximum atomic E-state index is 13.3. The maximum Gasteiger partial charge on any atom is 0.244 e. The van der Waals surface area contributed by atoms with Gasteiger partial charge in [-0.05, 0) is 50.4 Å². The first-order valence-electron chi connectivity index (χ1n) is 11.4. The van der Waals surface area contributed by atoms with E-state index in [9.17, 15) is 14.4 Å². The number of carbonyl (C=O) groups excluding carboxylic acids is 3. The minimum atomic E-state index is -0.812. The second-order valence-electron chi connectivity index (χ2n) is 9.85. The molecule has 0 bridgehead atoms. The molecule has 2 aliphatic carbocycles. The van der Waals surface area contributed by atoms with E-state index < -0.39 is 11.3 Å². The van der Waals surface area contributed by atoms with E-state index in [1.54, 1.807) is 10.4 Å². The number of amides is 3. The predicted molar refractivity (Wildman–Crippen MR) is 109 cm³/mol. The molecule has 3 fully saturated rings. The predicted octanol–water partition coefficient (Wildman–Crippen LogP) is 2.72. The van der Waals surface area contributed by atoms with E-state index in [1.165, 1.54) is 32.1 Å². The van der Waals surface area contributed by atoms with Gasteiger partial charge in [-0.25, -0.2) is 5.48 Å². The van der Waals surface area contributed by atoms with Crippen molar-refractivity contribution in [1.29, 1.82) is 0 Å². The average Bonchev–Trinajstić information content (AvgIpc) is 3.48. The van der Waals surface area contributed by atoms with Gasteiger partial charge in [-0.2, -0.15) is 0 Å². The molecular weight excluding hydrogens is 370 g/mol. The Bertz CT molecular complexity index is 613. The van der Waals surface area contributed by atoms with Crippen LogP contribution in [0.5, 0.6) is 0 Å². The first kappa shape index (κ1) is 22.1. The summed E-state index contributed by atoms with van der Waals surface area (Å²) in [5.74, 6) is 0.283. The van der Waals surface area contributed by atoms with Crippen LogP contribution >= 0.6 is 0 Å².